The summed E-state index contributed by atoms with van der Waals surface area (Å²) in [6.07, 6.45) is 0.0166. The van der Waals surface area contributed by atoms with Gasteiger partial charge in [0.2, 0.25) is 0 Å². The van der Waals surface area contributed by atoms with Gasteiger partial charge in [-0.25, -0.2) is 4.79 Å². The number of piperidine rings is 1. The first-order chi connectivity index (χ1) is 9.20. The second kappa shape index (κ2) is 6.33. The molecule has 1 heterocycles. The Balaban J connectivity index is 1.85. The van der Waals surface area contributed by atoms with Crippen LogP contribution in [0.1, 0.15) is 12.0 Å². The average molecular weight is 262 g/mol. The first-order valence-corrected chi connectivity index (χ1v) is 6.36. The van der Waals surface area contributed by atoms with Gasteiger partial charge in [-0.15, -0.1) is 0 Å². The minimum absolute atomic E-state index is 0.148. The van der Waals surface area contributed by atoms with E-state index in [4.69, 9.17) is 4.74 Å². The SMILES string of the molecule is CNC1CN(C(=O)OCc2ccccc2)CCC1=O. The normalized spacial score (nSPS) is 19.3. The Labute approximate surface area is 112 Å². The van der Waals surface area contributed by atoms with Crippen LogP contribution in [0.4, 0.5) is 4.79 Å². The molecule has 0 bridgehead atoms. The number of rotatable bonds is 3. The van der Waals surface area contributed by atoms with Gasteiger partial charge < -0.3 is 15.0 Å². The van der Waals surface area contributed by atoms with E-state index in [-0.39, 0.29) is 24.5 Å². The Morgan fingerprint density at radius 1 is 1.42 bits per heavy atom. The van der Waals surface area contributed by atoms with Crippen molar-refractivity contribution in [2.75, 3.05) is 20.1 Å². The second-order valence-corrected chi connectivity index (χ2v) is 4.54. The highest BCUT2D eigenvalue weighted by Crippen LogP contribution is 2.09. The molecule has 0 saturated carbocycles. The maximum Gasteiger partial charge on any atom is 0.410 e. The Morgan fingerprint density at radius 2 is 2.16 bits per heavy atom. The van der Waals surface area contributed by atoms with Crippen molar-refractivity contribution in [3.63, 3.8) is 0 Å². The molecule has 1 aliphatic rings. The summed E-state index contributed by atoms with van der Waals surface area (Å²) in [6.45, 7) is 1.07. The molecule has 2 rings (SSSR count). The molecule has 0 aliphatic carbocycles. The highest BCUT2D eigenvalue weighted by Gasteiger charge is 2.29. The van der Waals surface area contributed by atoms with Crippen LogP contribution in [0.3, 0.4) is 0 Å². The van der Waals surface area contributed by atoms with E-state index in [1.165, 1.54) is 0 Å². The molecule has 1 aliphatic heterocycles. The van der Waals surface area contributed by atoms with Crippen molar-refractivity contribution >= 4 is 11.9 Å². The standard InChI is InChI=1S/C14H18N2O3/c1-15-12-9-16(8-7-13(12)17)14(18)19-10-11-5-3-2-4-6-11/h2-6,12,15H,7-10H2,1H3. The molecule has 5 nitrogen and oxygen atoms in total. The Bertz CT molecular complexity index is 447. The summed E-state index contributed by atoms with van der Waals surface area (Å²) in [4.78, 5) is 25.0. The van der Waals surface area contributed by atoms with Crippen LogP contribution in [0.15, 0.2) is 30.3 Å². The van der Waals surface area contributed by atoms with Crippen molar-refractivity contribution in [3.8, 4) is 0 Å². The average Bonchev–Trinajstić information content (AvgIpc) is 2.46. The molecule has 19 heavy (non-hydrogen) atoms. The molecule has 1 saturated heterocycles. The van der Waals surface area contributed by atoms with E-state index in [1.807, 2.05) is 30.3 Å². The summed E-state index contributed by atoms with van der Waals surface area (Å²) in [5.74, 6) is 0.148. The van der Waals surface area contributed by atoms with Gasteiger partial charge in [0.15, 0.2) is 5.78 Å². The first kappa shape index (κ1) is 13.5. The number of Topliss-reactive ketones (excluding diaryl/α,β-unsaturated/α-hetero) is 1. The molecule has 0 aromatic heterocycles. The predicted molar refractivity (Wildman–Crippen MR) is 70.7 cm³/mol. The highest BCUT2D eigenvalue weighted by molar-refractivity contribution is 5.86. The van der Waals surface area contributed by atoms with E-state index >= 15 is 0 Å². The molecule has 0 spiro atoms. The highest BCUT2D eigenvalue weighted by atomic mass is 16.6. The topological polar surface area (TPSA) is 58.6 Å². The Hall–Kier alpha value is -1.88. The van der Waals surface area contributed by atoms with Gasteiger partial charge in [-0.1, -0.05) is 30.3 Å². The number of nitrogens with one attached hydrogen (secondary N) is 1. The number of amides is 1. The number of nitrogens with zero attached hydrogens (tertiary/aromatic N) is 1. The van der Waals surface area contributed by atoms with Crippen LogP contribution in [0, 0.1) is 0 Å². The van der Waals surface area contributed by atoms with Gasteiger partial charge >= 0.3 is 6.09 Å². The lowest BCUT2D eigenvalue weighted by atomic mass is 10.1. The maximum absolute atomic E-state index is 11.9. The molecule has 1 aromatic rings. The van der Waals surface area contributed by atoms with Gasteiger partial charge in [-0.3, -0.25) is 4.79 Å². The smallest absolute Gasteiger partial charge is 0.410 e. The fraction of sp³-hybridized carbons (Fsp3) is 0.429. The third-order valence-corrected chi connectivity index (χ3v) is 3.23. The number of hydrogen-bond donors (Lipinski definition) is 1. The predicted octanol–water partition coefficient (Wildman–Crippen LogP) is 1.19. The zero-order chi connectivity index (χ0) is 13.7. The number of carbonyl (C=O) groups excluding carboxylic acids is 2. The number of ether oxygens (including phenoxy) is 1. The van der Waals surface area contributed by atoms with Crippen LogP contribution >= 0.6 is 0 Å². The molecule has 1 unspecified atom stereocenters. The fourth-order valence-corrected chi connectivity index (χ4v) is 2.06. The molecule has 1 atom stereocenters. The van der Waals surface area contributed by atoms with Crippen molar-refractivity contribution in [2.45, 2.75) is 19.1 Å². The summed E-state index contributed by atoms with van der Waals surface area (Å²) in [6, 6.07) is 9.25. The van der Waals surface area contributed by atoms with Crippen LogP contribution in [0.25, 0.3) is 0 Å². The van der Waals surface area contributed by atoms with Gasteiger partial charge in [0.25, 0.3) is 0 Å². The lowest BCUT2D eigenvalue weighted by Crippen LogP contribution is -2.52. The van der Waals surface area contributed by atoms with Crippen LogP contribution in [0.2, 0.25) is 0 Å². The molecule has 5 heteroatoms. The number of ketones is 1. The van der Waals surface area contributed by atoms with Gasteiger partial charge in [-0.05, 0) is 12.6 Å². The fourth-order valence-electron chi connectivity index (χ4n) is 2.06. The lowest BCUT2D eigenvalue weighted by molar-refractivity contribution is -0.123. The van der Waals surface area contributed by atoms with E-state index in [9.17, 15) is 9.59 Å². The number of hydrogen-bond acceptors (Lipinski definition) is 4. The minimum atomic E-state index is -0.364. The van der Waals surface area contributed by atoms with Gasteiger partial charge in [0.1, 0.15) is 6.61 Å². The molecule has 1 amide bonds. The zero-order valence-electron chi connectivity index (χ0n) is 11.0. The summed E-state index contributed by atoms with van der Waals surface area (Å²) >= 11 is 0. The molecular formula is C14H18N2O3. The number of likely N-dealkylation sites (N-methyl/N-ethyl adjacent to an activating group) is 1. The van der Waals surface area contributed by atoms with E-state index in [1.54, 1.807) is 11.9 Å². The molecular weight excluding hydrogens is 244 g/mol. The minimum Gasteiger partial charge on any atom is -0.445 e. The summed E-state index contributed by atoms with van der Waals surface area (Å²) in [5, 5.41) is 2.91. The zero-order valence-corrected chi connectivity index (χ0v) is 11.0. The molecule has 0 radical (unpaired) electrons. The van der Waals surface area contributed by atoms with Crippen LogP contribution in [-0.4, -0.2) is 43.0 Å². The molecule has 1 aromatic carbocycles. The van der Waals surface area contributed by atoms with E-state index in [2.05, 4.69) is 5.32 Å². The number of benzene rings is 1. The van der Waals surface area contributed by atoms with Gasteiger partial charge in [0, 0.05) is 19.5 Å². The lowest BCUT2D eigenvalue weighted by Gasteiger charge is -2.30. The number of likely N-dealkylation sites (tertiary alicyclic amines) is 1. The van der Waals surface area contributed by atoms with Crippen molar-refractivity contribution in [1.82, 2.24) is 10.2 Å². The van der Waals surface area contributed by atoms with Crippen molar-refractivity contribution < 1.29 is 14.3 Å². The van der Waals surface area contributed by atoms with Crippen molar-refractivity contribution in [3.05, 3.63) is 35.9 Å². The van der Waals surface area contributed by atoms with Gasteiger partial charge in [-0.2, -0.15) is 0 Å². The van der Waals surface area contributed by atoms with E-state index < -0.39 is 0 Å². The third kappa shape index (κ3) is 3.54. The third-order valence-electron chi connectivity index (χ3n) is 3.23. The van der Waals surface area contributed by atoms with Crippen LogP contribution in [-0.2, 0) is 16.1 Å². The van der Waals surface area contributed by atoms with Crippen molar-refractivity contribution in [2.24, 2.45) is 0 Å². The summed E-state index contributed by atoms with van der Waals surface area (Å²) < 4.78 is 5.24. The van der Waals surface area contributed by atoms with E-state index in [0.717, 1.165) is 5.56 Å². The monoisotopic (exact) mass is 262 g/mol. The van der Waals surface area contributed by atoms with Crippen LogP contribution in [0.5, 0.6) is 0 Å². The van der Waals surface area contributed by atoms with E-state index in [0.29, 0.717) is 19.5 Å². The Kier molecular flexibility index (Phi) is 4.52. The molecule has 1 N–H and O–H groups in total. The van der Waals surface area contributed by atoms with Crippen LogP contribution < -0.4 is 5.32 Å². The van der Waals surface area contributed by atoms with Crippen molar-refractivity contribution in [1.29, 1.82) is 0 Å². The maximum atomic E-state index is 11.9. The summed E-state index contributed by atoms with van der Waals surface area (Å²) in [5.41, 5.74) is 0.953. The second-order valence-electron chi connectivity index (χ2n) is 4.54. The number of carbonyl (C=O) groups is 2. The quantitative estimate of drug-likeness (QED) is 0.889. The molecule has 1 fully saturated rings. The largest absolute Gasteiger partial charge is 0.445 e. The molecule has 102 valence electrons. The summed E-state index contributed by atoms with van der Waals surface area (Å²) in [7, 11) is 1.72. The van der Waals surface area contributed by atoms with Gasteiger partial charge in [0.05, 0.1) is 6.04 Å². The Morgan fingerprint density at radius 3 is 2.84 bits per heavy atom. The first-order valence-electron chi connectivity index (χ1n) is 6.36.